The molecule has 0 atom stereocenters. The van der Waals surface area contributed by atoms with Crippen molar-refractivity contribution in [2.75, 3.05) is 0 Å². The third-order valence-electron chi connectivity index (χ3n) is 7.57. The fourth-order valence-corrected chi connectivity index (χ4v) is 6.04. The van der Waals surface area contributed by atoms with Crippen molar-refractivity contribution in [2.45, 2.75) is 6.42 Å². The number of hydrogen-bond donors (Lipinski definition) is 0. The fraction of sp³-hybridized carbons (Fsp3) is 0.0303. The number of hydrogen-bond acceptors (Lipinski definition) is 0. The van der Waals surface area contributed by atoms with E-state index in [1.165, 1.54) is 76.1 Å². The molecule has 0 spiro atoms. The lowest BCUT2D eigenvalue weighted by Crippen LogP contribution is -2.02. The fourth-order valence-electron chi connectivity index (χ4n) is 6.04. The van der Waals surface area contributed by atoms with Crippen molar-refractivity contribution in [1.82, 2.24) is 0 Å². The van der Waals surface area contributed by atoms with Crippen molar-refractivity contribution in [1.29, 1.82) is 0 Å². The van der Waals surface area contributed by atoms with Gasteiger partial charge in [-0.25, -0.2) is 0 Å². The summed E-state index contributed by atoms with van der Waals surface area (Å²) in [6.45, 7) is 0. The van der Waals surface area contributed by atoms with Crippen LogP contribution in [0.15, 0.2) is 109 Å². The standard InChI is InChI=1S/C33H20/c1-2-7-21-16-29-23(14-20(21)6-1)12-13-24-17-31-26(19-30(24)29)15-25-9-5-11-28-27-10-4-3-8-22(27)18-32(31)33(25)28/h1-14,16-19H,15H2. The smallest absolute Gasteiger partial charge is 0.00130 e. The molecule has 0 nitrogen and oxygen atoms in total. The first-order valence-corrected chi connectivity index (χ1v) is 11.7. The molecule has 7 aromatic carbocycles. The minimum Gasteiger partial charge on any atom is -0.0616 e. The van der Waals surface area contributed by atoms with E-state index in [0.717, 1.165) is 6.42 Å². The van der Waals surface area contributed by atoms with E-state index in [1.54, 1.807) is 0 Å². The van der Waals surface area contributed by atoms with Crippen molar-refractivity contribution in [3.8, 4) is 11.1 Å². The number of benzene rings is 7. The second-order valence-electron chi connectivity index (χ2n) is 9.38. The SMILES string of the molecule is c1ccc2cc3c(ccc4cc5c(cc43)Cc3cccc4c3c-5cc3ccccc34)cc2c1. The molecule has 0 unspecified atom stereocenters. The van der Waals surface area contributed by atoms with Crippen LogP contribution < -0.4 is 0 Å². The Balaban J connectivity index is 1.49. The number of fused-ring (bicyclic) bond motifs is 8. The molecule has 0 N–H and O–H groups in total. The molecule has 1 aliphatic carbocycles. The van der Waals surface area contributed by atoms with E-state index >= 15 is 0 Å². The van der Waals surface area contributed by atoms with Crippen LogP contribution in [0.2, 0.25) is 0 Å². The zero-order valence-electron chi connectivity index (χ0n) is 18.1. The molecule has 0 amide bonds. The quantitative estimate of drug-likeness (QED) is 0.171. The molecule has 1 aliphatic rings. The molecule has 33 heavy (non-hydrogen) atoms. The van der Waals surface area contributed by atoms with Gasteiger partial charge in [0, 0.05) is 0 Å². The van der Waals surface area contributed by atoms with Gasteiger partial charge in [-0.1, -0.05) is 78.9 Å². The summed E-state index contributed by atoms with van der Waals surface area (Å²) in [6, 6.07) is 40.8. The summed E-state index contributed by atoms with van der Waals surface area (Å²) in [6.07, 6.45) is 0.984. The zero-order valence-corrected chi connectivity index (χ0v) is 18.1. The van der Waals surface area contributed by atoms with Gasteiger partial charge < -0.3 is 0 Å². The van der Waals surface area contributed by atoms with E-state index in [2.05, 4.69) is 109 Å². The summed E-state index contributed by atoms with van der Waals surface area (Å²) in [7, 11) is 0. The van der Waals surface area contributed by atoms with Crippen LogP contribution in [-0.2, 0) is 6.42 Å². The monoisotopic (exact) mass is 416 g/mol. The van der Waals surface area contributed by atoms with Gasteiger partial charge in [0.05, 0.1) is 0 Å². The zero-order chi connectivity index (χ0) is 21.5. The van der Waals surface area contributed by atoms with Crippen LogP contribution in [-0.4, -0.2) is 0 Å². The second-order valence-corrected chi connectivity index (χ2v) is 9.38. The van der Waals surface area contributed by atoms with Crippen LogP contribution in [0.25, 0.3) is 65.0 Å². The second kappa shape index (κ2) is 6.21. The lowest BCUT2D eigenvalue weighted by atomic mass is 9.80. The van der Waals surface area contributed by atoms with E-state index in [9.17, 15) is 0 Å². The van der Waals surface area contributed by atoms with Crippen molar-refractivity contribution in [2.24, 2.45) is 0 Å². The Bertz CT molecular complexity index is 1940. The summed E-state index contributed by atoms with van der Waals surface area (Å²) < 4.78 is 0. The molecule has 0 radical (unpaired) electrons. The molecule has 0 heterocycles. The van der Waals surface area contributed by atoms with Gasteiger partial charge >= 0.3 is 0 Å². The van der Waals surface area contributed by atoms with E-state index in [-0.39, 0.29) is 0 Å². The van der Waals surface area contributed by atoms with Crippen LogP contribution >= 0.6 is 0 Å². The predicted octanol–water partition coefficient (Wildman–Crippen LogP) is 9.02. The van der Waals surface area contributed by atoms with Gasteiger partial charge in [0.1, 0.15) is 0 Å². The Hall–Kier alpha value is -4.16. The van der Waals surface area contributed by atoms with Gasteiger partial charge in [-0.15, -0.1) is 0 Å². The van der Waals surface area contributed by atoms with Crippen LogP contribution in [0.3, 0.4) is 0 Å². The molecule has 8 rings (SSSR count). The van der Waals surface area contributed by atoms with E-state index in [0.29, 0.717) is 0 Å². The summed E-state index contributed by atoms with van der Waals surface area (Å²) in [4.78, 5) is 0. The van der Waals surface area contributed by atoms with Gasteiger partial charge in [-0.3, -0.25) is 0 Å². The maximum absolute atomic E-state index is 2.46. The normalized spacial score (nSPS) is 12.7. The summed E-state index contributed by atoms with van der Waals surface area (Å²) >= 11 is 0. The predicted molar refractivity (Wildman–Crippen MR) is 142 cm³/mol. The summed E-state index contributed by atoms with van der Waals surface area (Å²) in [5.74, 6) is 0. The molecule has 0 bridgehead atoms. The first-order valence-electron chi connectivity index (χ1n) is 11.7. The maximum atomic E-state index is 2.46. The third-order valence-corrected chi connectivity index (χ3v) is 7.57. The Morgan fingerprint density at radius 2 is 1.00 bits per heavy atom. The highest BCUT2D eigenvalue weighted by atomic mass is 14.2. The van der Waals surface area contributed by atoms with Crippen LogP contribution in [0.5, 0.6) is 0 Å². The molecule has 0 saturated heterocycles. The summed E-state index contributed by atoms with van der Waals surface area (Å²) in [5.41, 5.74) is 5.63. The topological polar surface area (TPSA) is 0 Å². The van der Waals surface area contributed by atoms with Gasteiger partial charge in [0.15, 0.2) is 0 Å². The molecular weight excluding hydrogens is 396 g/mol. The molecule has 0 aromatic heterocycles. The van der Waals surface area contributed by atoms with Gasteiger partial charge in [-0.05, 0) is 113 Å². The Morgan fingerprint density at radius 1 is 0.364 bits per heavy atom. The van der Waals surface area contributed by atoms with Crippen molar-refractivity contribution >= 4 is 53.9 Å². The first kappa shape index (κ1) is 17.4. The first-order chi connectivity index (χ1) is 16.3. The molecule has 0 aliphatic heterocycles. The van der Waals surface area contributed by atoms with Crippen LogP contribution in [0.4, 0.5) is 0 Å². The minimum atomic E-state index is 0.984. The average Bonchev–Trinajstić information content (AvgIpc) is 2.87. The Morgan fingerprint density at radius 3 is 1.88 bits per heavy atom. The average molecular weight is 417 g/mol. The third kappa shape index (κ3) is 2.36. The lowest BCUT2D eigenvalue weighted by Gasteiger charge is -2.23. The highest BCUT2D eigenvalue weighted by molar-refractivity contribution is 6.18. The number of rotatable bonds is 0. The molecule has 7 aromatic rings. The summed E-state index contributed by atoms with van der Waals surface area (Å²) in [5, 5.41) is 13.4. The van der Waals surface area contributed by atoms with Gasteiger partial charge in [0.2, 0.25) is 0 Å². The van der Waals surface area contributed by atoms with Crippen molar-refractivity contribution in [3.63, 3.8) is 0 Å². The van der Waals surface area contributed by atoms with Crippen molar-refractivity contribution < 1.29 is 0 Å². The van der Waals surface area contributed by atoms with E-state index in [1.807, 2.05) is 0 Å². The molecule has 152 valence electrons. The Labute approximate surface area is 191 Å². The molecular formula is C33H20. The van der Waals surface area contributed by atoms with Gasteiger partial charge in [0.25, 0.3) is 0 Å². The van der Waals surface area contributed by atoms with Gasteiger partial charge in [-0.2, -0.15) is 0 Å². The van der Waals surface area contributed by atoms with Crippen LogP contribution in [0, 0.1) is 0 Å². The Kier molecular flexibility index (Phi) is 3.27. The minimum absolute atomic E-state index is 0.984. The lowest BCUT2D eigenvalue weighted by molar-refractivity contribution is 1.21. The molecule has 0 fully saturated rings. The highest BCUT2D eigenvalue weighted by Crippen LogP contribution is 2.44. The largest absolute Gasteiger partial charge is 0.0616 e. The molecule has 0 saturated carbocycles. The maximum Gasteiger partial charge on any atom is -0.00130 e. The highest BCUT2D eigenvalue weighted by Gasteiger charge is 2.21. The van der Waals surface area contributed by atoms with E-state index in [4.69, 9.17) is 0 Å². The van der Waals surface area contributed by atoms with Crippen molar-refractivity contribution in [3.05, 3.63) is 120 Å². The molecule has 0 heteroatoms. The van der Waals surface area contributed by atoms with E-state index < -0.39 is 0 Å². The van der Waals surface area contributed by atoms with Crippen LogP contribution in [0.1, 0.15) is 11.1 Å².